The normalized spacial score (nSPS) is 18.7. The largest absolute Gasteiger partial charge is 0.391 e. The Balaban J connectivity index is 2.20. The summed E-state index contributed by atoms with van der Waals surface area (Å²) in [7, 11) is -3.62. The lowest BCUT2D eigenvalue weighted by Crippen LogP contribution is -2.47. The lowest BCUT2D eigenvalue weighted by atomic mass is 9.94. The number of hydrogen-bond acceptors (Lipinski definition) is 3. The van der Waals surface area contributed by atoms with Gasteiger partial charge in [0, 0.05) is 0 Å². The highest BCUT2D eigenvalue weighted by molar-refractivity contribution is 7.92. The minimum atomic E-state index is -4.20. The summed E-state index contributed by atoms with van der Waals surface area (Å²) in [5.74, 6) is -0.890. The molecular formula is C20H30F3NO2S. The SMILES string of the molecule is CCC(CC)CCC(N1CCC(C(F)(F)F)CC1)S(=O)(=O)c1ccccc1. The van der Waals surface area contributed by atoms with Crippen molar-refractivity contribution < 1.29 is 21.6 Å². The van der Waals surface area contributed by atoms with Crippen molar-refractivity contribution in [1.29, 1.82) is 0 Å². The van der Waals surface area contributed by atoms with Gasteiger partial charge in [-0.1, -0.05) is 44.9 Å². The van der Waals surface area contributed by atoms with Gasteiger partial charge < -0.3 is 0 Å². The van der Waals surface area contributed by atoms with Gasteiger partial charge in [-0.2, -0.15) is 13.2 Å². The van der Waals surface area contributed by atoms with E-state index in [0.717, 1.165) is 19.3 Å². The van der Waals surface area contributed by atoms with E-state index in [1.54, 1.807) is 35.2 Å². The monoisotopic (exact) mass is 405 g/mol. The van der Waals surface area contributed by atoms with E-state index in [0.29, 0.717) is 12.3 Å². The predicted molar refractivity (Wildman–Crippen MR) is 101 cm³/mol. The first-order valence-electron chi connectivity index (χ1n) is 9.79. The molecule has 1 aromatic carbocycles. The van der Waals surface area contributed by atoms with Crippen LogP contribution in [0.4, 0.5) is 13.2 Å². The fourth-order valence-corrected chi connectivity index (χ4v) is 5.79. The average molecular weight is 406 g/mol. The summed E-state index contributed by atoms with van der Waals surface area (Å²) in [5, 5.41) is -0.755. The van der Waals surface area contributed by atoms with Crippen LogP contribution < -0.4 is 0 Å². The molecule has 0 aliphatic carbocycles. The number of likely N-dealkylation sites (tertiary alicyclic amines) is 1. The fourth-order valence-electron chi connectivity index (χ4n) is 3.89. The quantitative estimate of drug-likeness (QED) is 0.591. The second kappa shape index (κ2) is 9.41. The third-order valence-electron chi connectivity index (χ3n) is 5.81. The number of benzene rings is 1. The Morgan fingerprint density at radius 1 is 1.04 bits per heavy atom. The smallest absolute Gasteiger partial charge is 0.287 e. The highest BCUT2D eigenvalue weighted by Crippen LogP contribution is 2.36. The molecule has 1 aromatic rings. The Morgan fingerprint density at radius 3 is 2.07 bits per heavy atom. The summed E-state index contributed by atoms with van der Waals surface area (Å²) in [5.41, 5.74) is 0. The molecule has 1 fully saturated rings. The van der Waals surface area contributed by atoms with Crippen molar-refractivity contribution in [2.75, 3.05) is 13.1 Å². The minimum Gasteiger partial charge on any atom is -0.287 e. The van der Waals surface area contributed by atoms with E-state index >= 15 is 0 Å². The average Bonchev–Trinajstić information content (AvgIpc) is 2.65. The molecular weight excluding hydrogens is 375 g/mol. The van der Waals surface area contributed by atoms with Crippen LogP contribution in [-0.4, -0.2) is 38.0 Å². The third-order valence-corrected chi connectivity index (χ3v) is 7.99. The molecule has 0 aromatic heterocycles. The van der Waals surface area contributed by atoms with Crippen LogP contribution in [0.15, 0.2) is 35.2 Å². The maximum absolute atomic E-state index is 13.2. The van der Waals surface area contributed by atoms with Crippen LogP contribution in [-0.2, 0) is 9.84 Å². The Morgan fingerprint density at radius 2 is 1.59 bits per heavy atom. The van der Waals surface area contributed by atoms with Crippen LogP contribution in [0.1, 0.15) is 52.4 Å². The van der Waals surface area contributed by atoms with Crippen LogP contribution in [0.2, 0.25) is 0 Å². The van der Waals surface area contributed by atoms with E-state index in [9.17, 15) is 21.6 Å². The standard InChI is InChI=1S/C20H30F3NO2S/c1-3-16(4-2)10-11-19(27(25,26)18-8-6-5-7-9-18)24-14-12-17(13-15-24)20(21,22)23/h5-9,16-17,19H,3-4,10-15H2,1-2H3. The first-order chi connectivity index (χ1) is 12.7. The summed E-state index contributed by atoms with van der Waals surface area (Å²) in [6.07, 6.45) is -1.08. The summed E-state index contributed by atoms with van der Waals surface area (Å²) in [4.78, 5) is 2.00. The molecule has 2 rings (SSSR count). The second-order valence-electron chi connectivity index (χ2n) is 7.42. The Kier molecular flexibility index (Phi) is 7.74. The number of nitrogens with zero attached hydrogens (tertiary/aromatic N) is 1. The molecule has 1 heterocycles. The zero-order valence-electron chi connectivity index (χ0n) is 16.1. The van der Waals surface area contributed by atoms with Crippen molar-refractivity contribution in [2.24, 2.45) is 11.8 Å². The van der Waals surface area contributed by atoms with E-state index in [1.165, 1.54) is 0 Å². The number of halogens is 3. The van der Waals surface area contributed by atoms with Gasteiger partial charge in [0.15, 0.2) is 9.84 Å². The van der Waals surface area contributed by atoms with Crippen LogP contribution in [0.3, 0.4) is 0 Å². The van der Waals surface area contributed by atoms with Crippen LogP contribution in [0.25, 0.3) is 0 Å². The molecule has 27 heavy (non-hydrogen) atoms. The molecule has 7 heteroatoms. The van der Waals surface area contributed by atoms with Gasteiger partial charge in [-0.3, -0.25) is 4.90 Å². The number of alkyl halides is 3. The lowest BCUT2D eigenvalue weighted by Gasteiger charge is -2.38. The molecule has 3 nitrogen and oxygen atoms in total. The molecule has 0 spiro atoms. The van der Waals surface area contributed by atoms with Crippen LogP contribution in [0.5, 0.6) is 0 Å². The van der Waals surface area contributed by atoms with Crippen molar-refractivity contribution in [1.82, 2.24) is 4.90 Å². The van der Waals surface area contributed by atoms with Crippen molar-refractivity contribution in [3.05, 3.63) is 30.3 Å². The van der Waals surface area contributed by atoms with Crippen molar-refractivity contribution in [3.8, 4) is 0 Å². The lowest BCUT2D eigenvalue weighted by molar-refractivity contribution is -0.185. The number of rotatable bonds is 8. The Labute approximate surface area is 160 Å². The van der Waals surface area contributed by atoms with Gasteiger partial charge in [-0.15, -0.1) is 0 Å². The summed E-state index contributed by atoms with van der Waals surface area (Å²) in [6.45, 7) is 4.51. The molecule has 0 saturated carbocycles. The van der Waals surface area contributed by atoms with E-state index in [2.05, 4.69) is 13.8 Å². The zero-order valence-corrected chi connectivity index (χ0v) is 16.9. The first kappa shape index (κ1) is 22.2. The molecule has 0 bridgehead atoms. The highest BCUT2D eigenvalue weighted by Gasteiger charge is 2.43. The van der Waals surface area contributed by atoms with Crippen molar-refractivity contribution >= 4 is 9.84 Å². The summed E-state index contributed by atoms with van der Waals surface area (Å²) >= 11 is 0. The van der Waals surface area contributed by atoms with E-state index in [4.69, 9.17) is 0 Å². The summed E-state index contributed by atoms with van der Waals surface area (Å²) < 4.78 is 65.4. The Hall–Kier alpha value is -1.08. The molecule has 0 radical (unpaired) electrons. The maximum Gasteiger partial charge on any atom is 0.391 e. The van der Waals surface area contributed by atoms with Crippen molar-refractivity contribution in [3.63, 3.8) is 0 Å². The van der Waals surface area contributed by atoms with Gasteiger partial charge >= 0.3 is 6.18 Å². The molecule has 1 aliphatic rings. The van der Waals surface area contributed by atoms with Gasteiger partial charge in [-0.05, 0) is 56.8 Å². The third kappa shape index (κ3) is 5.70. The van der Waals surface area contributed by atoms with E-state index in [-0.39, 0.29) is 30.8 Å². The fraction of sp³-hybridized carbons (Fsp3) is 0.700. The topological polar surface area (TPSA) is 37.4 Å². The minimum absolute atomic E-state index is 0.0324. The van der Waals surface area contributed by atoms with E-state index < -0.39 is 27.3 Å². The van der Waals surface area contributed by atoms with E-state index in [1.807, 2.05) is 0 Å². The predicted octanol–water partition coefficient (Wildman–Crippen LogP) is 5.28. The zero-order chi connectivity index (χ0) is 20.1. The van der Waals surface area contributed by atoms with Crippen LogP contribution in [0, 0.1) is 11.8 Å². The van der Waals surface area contributed by atoms with Crippen LogP contribution >= 0.6 is 0 Å². The van der Waals surface area contributed by atoms with Gasteiger partial charge in [0.1, 0.15) is 5.37 Å². The van der Waals surface area contributed by atoms with Gasteiger partial charge in [0.05, 0.1) is 10.8 Å². The molecule has 0 N–H and O–H groups in total. The highest BCUT2D eigenvalue weighted by atomic mass is 32.2. The number of sulfone groups is 1. The summed E-state index contributed by atoms with van der Waals surface area (Å²) in [6, 6.07) is 8.26. The molecule has 1 atom stereocenters. The number of hydrogen-bond donors (Lipinski definition) is 0. The molecule has 154 valence electrons. The number of piperidine rings is 1. The Bertz CT molecular complexity index is 664. The molecule has 0 amide bonds. The second-order valence-corrected chi connectivity index (χ2v) is 9.53. The molecule has 1 saturated heterocycles. The molecule has 1 aliphatic heterocycles. The maximum atomic E-state index is 13.2. The van der Waals surface area contributed by atoms with Gasteiger partial charge in [-0.25, -0.2) is 8.42 Å². The van der Waals surface area contributed by atoms with Gasteiger partial charge in [0.25, 0.3) is 0 Å². The van der Waals surface area contributed by atoms with Gasteiger partial charge in [0.2, 0.25) is 0 Å². The van der Waals surface area contributed by atoms with Crippen molar-refractivity contribution in [2.45, 2.75) is 68.8 Å². The first-order valence-corrected chi connectivity index (χ1v) is 11.3. The molecule has 1 unspecified atom stereocenters.